The SMILES string of the molecule is CNc1nc(Sc2nc(C)cc(C)n2)nc(N(C)C)n1. The third-order valence-electron chi connectivity index (χ3n) is 2.37. The molecule has 0 aromatic carbocycles. The normalized spacial score (nSPS) is 10.4. The summed E-state index contributed by atoms with van der Waals surface area (Å²) >= 11 is 1.33. The number of rotatable bonds is 4. The van der Waals surface area contributed by atoms with Crippen molar-refractivity contribution in [3.8, 4) is 0 Å². The van der Waals surface area contributed by atoms with E-state index in [4.69, 9.17) is 0 Å². The molecule has 0 unspecified atom stereocenters. The monoisotopic (exact) mass is 291 g/mol. The van der Waals surface area contributed by atoms with E-state index in [1.165, 1.54) is 11.8 Å². The van der Waals surface area contributed by atoms with E-state index >= 15 is 0 Å². The summed E-state index contributed by atoms with van der Waals surface area (Å²) in [6.07, 6.45) is 0. The van der Waals surface area contributed by atoms with Crippen LogP contribution >= 0.6 is 11.8 Å². The molecule has 0 radical (unpaired) electrons. The van der Waals surface area contributed by atoms with E-state index in [2.05, 4.69) is 30.2 Å². The summed E-state index contributed by atoms with van der Waals surface area (Å²) < 4.78 is 0. The maximum Gasteiger partial charge on any atom is 0.230 e. The molecule has 0 saturated carbocycles. The maximum absolute atomic E-state index is 4.38. The Morgan fingerprint density at radius 1 is 0.950 bits per heavy atom. The zero-order valence-electron chi connectivity index (χ0n) is 12.2. The van der Waals surface area contributed by atoms with Crippen molar-refractivity contribution in [1.29, 1.82) is 0 Å². The molecule has 2 aromatic heterocycles. The van der Waals surface area contributed by atoms with Crippen LogP contribution in [0.5, 0.6) is 0 Å². The van der Waals surface area contributed by atoms with Gasteiger partial charge in [-0.15, -0.1) is 0 Å². The molecule has 0 aliphatic heterocycles. The largest absolute Gasteiger partial charge is 0.357 e. The lowest BCUT2D eigenvalue weighted by molar-refractivity contribution is 0.854. The summed E-state index contributed by atoms with van der Waals surface area (Å²) in [5.41, 5.74) is 1.85. The van der Waals surface area contributed by atoms with Crippen molar-refractivity contribution >= 4 is 23.7 Å². The first-order valence-electron chi connectivity index (χ1n) is 6.09. The summed E-state index contributed by atoms with van der Waals surface area (Å²) in [5, 5.41) is 4.14. The molecule has 0 aliphatic rings. The van der Waals surface area contributed by atoms with E-state index in [0.717, 1.165) is 11.4 Å². The van der Waals surface area contributed by atoms with Crippen molar-refractivity contribution in [2.75, 3.05) is 31.4 Å². The van der Waals surface area contributed by atoms with Crippen molar-refractivity contribution in [2.24, 2.45) is 0 Å². The second kappa shape index (κ2) is 6.00. The second-order valence-electron chi connectivity index (χ2n) is 4.42. The highest BCUT2D eigenvalue weighted by Gasteiger charge is 2.10. The Morgan fingerprint density at radius 2 is 1.55 bits per heavy atom. The lowest BCUT2D eigenvalue weighted by Crippen LogP contribution is -2.15. The molecular weight excluding hydrogens is 274 g/mol. The lowest BCUT2D eigenvalue weighted by Gasteiger charge is -2.12. The van der Waals surface area contributed by atoms with Crippen LogP contribution in [-0.2, 0) is 0 Å². The van der Waals surface area contributed by atoms with Gasteiger partial charge in [-0.3, -0.25) is 0 Å². The highest BCUT2D eigenvalue weighted by molar-refractivity contribution is 7.99. The van der Waals surface area contributed by atoms with E-state index in [9.17, 15) is 0 Å². The van der Waals surface area contributed by atoms with Crippen LogP contribution in [-0.4, -0.2) is 46.1 Å². The molecule has 7 nitrogen and oxygen atoms in total. The van der Waals surface area contributed by atoms with E-state index in [0.29, 0.717) is 22.2 Å². The van der Waals surface area contributed by atoms with E-state index in [-0.39, 0.29) is 0 Å². The molecule has 2 rings (SSSR count). The number of nitrogens with one attached hydrogen (secondary N) is 1. The van der Waals surface area contributed by atoms with Crippen molar-refractivity contribution in [2.45, 2.75) is 24.2 Å². The highest BCUT2D eigenvalue weighted by atomic mass is 32.2. The first-order valence-corrected chi connectivity index (χ1v) is 6.91. The third-order valence-corrected chi connectivity index (χ3v) is 3.10. The third kappa shape index (κ3) is 3.53. The van der Waals surface area contributed by atoms with Gasteiger partial charge < -0.3 is 10.2 Å². The number of nitrogens with zero attached hydrogens (tertiary/aromatic N) is 6. The summed E-state index contributed by atoms with van der Waals surface area (Å²) in [6.45, 7) is 3.88. The molecule has 2 aromatic rings. The van der Waals surface area contributed by atoms with Gasteiger partial charge in [-0.25, -0.2) is 9.97 Å². The van der Waals surface area contributed by atoms with Crippen LogP contribution in [0.3, 0.4) is 0 Å². The van der Waals surface area contributed by atoms with Gasteiger partial charge in [-0.05, 0) is 31.7 Å². The quantitative estimate of drug-likeness (QED) is 0.850. The van der Waals surface area contributed by atoms with Gasteiger partial charge in [0.15, 0.2) is 5.16 Å². The minimum atomic E-state index is 0.524. The number of aryl methyl sites for hydroxylation is 2. The van der Waals surface area contributed by atoms with Gasteiger partial charge in [0.05, 0.1) is 0 Å². The number of aromatic nitrogens is 5. The van der Waals surface area contributed by atoms with Crippen LogP contribution in [0.15, 0.2) is 16.4 Å². The van der Waals surface area contributed by atoms with Crippen molar-refractivity contribution in [3.63, 3.8) is 0 Å². The molecule has 0 fully saturated rings. The van der Waals surface area contributed by atoms with Gasteiger partial charge in [0.25, 0.3) is 0 Å². The van der Waals surface area contributed by atoms with Crippen LogP contribution in [0.25, 0.3) is 0 Å². The molecule has 0 bridgehead atoms. The minimum absolute atomic E-state index is 0.524. The lowest BCUT2D eigenvalue weighted by atomic mass is 10.4. The van der Waals surface area contributed by atoms with Crippen molar-refractivity contribution in [3.05, 3.63) is 17.5 Å². The van der Waals surface area contributed by atoms with Gasteiger partial charge in [0, 0.05) is 32.5 Å². The van der Waals surface area contributed by atoms with Crippen LogP contribution in [0.4, 0.5) is 11.9 Å². The predicted octanol–water partition coefficient (Wildman–Crippen LogP) is 1.54. The number of anilines is 2. The van der Waals surface area contributed by atoms with E-state index in [1.54, 1.807) is 7.05 Å². The molecule has 0 aliphatic carbocycles. The van der Waals surface area contributed by atoms with Crippen LogP contribution < -0.4 is 10.2 Å². The van der Waals surface area contributed by atoms with Crippen LogP contribution in [0.1, 0.15) is 11.4 Å². The predicted molar refractivity (Wildman–Crippen MR) is 79.3 cm³/mol. The van der Waals surface area contributed by atoms with Crippen molar-refractivity contribution in [1.82, 2.24) is 24.9 Å². The van der Waals surface area contributed by atoms with E-state index in [1.807, 2.05) is 38.9 Å². The minimum Gasteiger partial charge on any atom is -0.357 e. The molecule has 0 spiro atoms. The van der Waals surface area contributed by atoms with Gasteiger partial charge in [0.1, 0.15) is 0 Å². The Labute approximate surface area is 122 Å². The molecule has 0 saturated heterocycles. The van der Waals surface area contributed by atoms with Crippen LogP contribution in [0, 0.1) is 13.8 Å². The Balaban J connectivity index is 2.34. The first kappa shape index (κ1) is 14.4. The van der Waals surface area contributed by atoms with Gasteiger partial charge >= 0.3 is 0 Å². The van der Waals surface area contributed by atoms with E-state index < -0.39 is 0 Å². The Hall–Kier alpha value is -1.96. The fraction of sp³-hybridized carbons (Fsp3) is 0.417. The second-order valence-corrected chi connectivity index (χ2v) is 5.36. The summed E-state index contributed by atoms with van der Waals surface area (Å²) in [4.78, 5) is 23.5. The smallest absolute Gasteiger partial charge is 0.230 e. The fourth-order valence-electron chi connectivity index (χ4n) is 1.52. The molecule has 2 heterocycles. The molecule has 0 atom stereocenters. The Morgan fingerprint density at radius 3 is 2.10 bits per heavy atom. The zero-order chi connectivity index (χ0) is 14.7. The van der Waals surface area contributed by atoms with Gasteiger partial charge in [-0.2, -0.15) is 15.0 Å². The molecule has 0 amide bonds. The average Bonchev–Trinajstić information content (AvgIpc) is 2.36. The summed E-state index contributed by atoms with van der Waals surface area (Å²) in [7, 11) is 5.55. The van der Waals surface area contributed by atoms with Gasteiger partial charge in [0.2, 0.25) is 17.1 Å². The number of hydrogen-bond donors (Lipinski definition) is 1. The molecule has 106 valence electrons. The van der Waals surface area contributed by atoms with Gasteiger partial charge in [-0.1, -0.05) is 0 Å². The number of hydrogen-bond acceptors (Lipinski definition) is 8. The summed E-state index contributed by atoms with van der Waals surface area (Å²) in [5.74, 6) is 1.12. The molecule has 1 N–H and O–H groups in total. The summed E-state index contributed by atoms with van der Waals surface area (Å²) in [6, 6.07) is 1.93. The molecular formula is C12H17N7S. The topological polar surface area (TPSA) is 79.7 Å². The van der Waals surface area contributed by atoms with Crippen molar-refractivity contribution < 1.29 is 0 Å². The standard InChI is InChI=1S/C12H17N7S/c1-7-6-8(2)15-11(14-7)20-12-17-9(13-3)16-10(18-12)19(4)5/h6H,1-5H3,(H,13,16,17,18). The fourth-order valence-corrected chi connectivity index (χ4v) is 2.33. The maximum atomic E-state index is 4.38. The highest BCUT2D eigenvalue weighted by Crippen LogP contribution is 2.23. The zero-order valence-corrected chi connectivity index (χ0v) is 13.0. The Kier molecular flexibility index (Phi) is 4.33. The van der Waals surface area contributed by atoms with Crippen LogP contribution in [0.2, 0.25) is 0 Å². The first-order chi connectivity index (χ1) is 9.47. The Bertz CT molecular complexity index is 594. The average molecular weight is 291 g/mol. The molecule has 8 heteroatoms. The molecule has 20 heavy (non-hydrogen) atoms.